The quantitative estimate of drug-likeness (QED) is 0.387. The number of hydrogen-bond donors (Lipinski definition) is 3. The number of quaternary nitrogens is 1. The van der Waals surface area contributed by atoms with Crippen LogP contribution in [0.25, 0.3) is 0 Å². The smallest absolute Gasteiger partial charge is 0.320 e. The Labute approximate surface area is 128 Å². The number of nitrogens with zero attached hydrogens (tertiary/aromatic N) is 1. The number of halogens is 2. The van der Waals surface area contributed by atoms with Gasteiger partial charge in [-0.05, 0) is 12.0 Å². The summed E-state index contributed by atoms with van der Waals surface area (Å²) in [5, 5.41) is 19.3. The molecule has 1 rings (SSSR count). The molecule has 0 aliphatic heterocycles. The fraction of sp³-hybridized carbons (Fsp3) is 0.462. The zero-order valence-corrected chi connectivity index (χ0v) is 12.5. The fourth-order valence-electron chi connectivity index (χ4n) is 1.90. The SMILES string of the molecule is NC(Cc1ccc([N+](O)(CCCl)CCCl)cc1)C(=O)O. The lowest BCUT2D eigenvalue weighted by atomic mass is 10.1. The molecule has 7 heteroatoms. The minimum absolute atomic E-state index is 0.242. The Morgan fingerprint density at radius 2 is 1.70 bits per heavy atom. The van der Waals surface area contributed by atoms with E-state index in [4.69, 9.17) is 34.0 Å². The van der Waals surface area contributed by atoms with Gasteiger partial charge in [0.25, 0.3) is 0 Å². The summed E-state index contributed by atoms with van der Waals surface area (Å²) in [7, 11) is 0. The van der Waals surface area contributed by atoms with E-state index in [1.807, 2.05) is 0 Å². The van der Waals surface area contributed by atoms with Crippen LogP contribution in [0.15, 0.2) is 24.3 Å². The molecule has 0 aliphatic rings. The molecular formula is C13H19Cl2N2O3+. The summed E-state index contributed by atoms with van der Waals surface area (Å²) >= 11 is 11.4. The van der Waals surface area contributed by atoms with Crippen LogP contribution < -0.4 is 10.4 Å². The zero-order valence-electron chi connectivity index (χ0n) is 11.0. The van der Waals surface area contributed by atoms with Gasteiger partial charge in [-0.3, -0.25) is 4.79 Å². The number of nitrogens with two attached hydrogens (primary N) is 1. The van der Waals surface area contributed by atoms with Crippen molar-refractivity contribution in [2.75, 3.05) is 24.8 Å². The first-order chi connectivity index (χ1) is 9.42. The van der Waals surface area contributed by atoms with Crippen LogP contribution in [-0.2, 0) is 11.2 Å². The molecule has 1 aromatic carbocycles. The normalized spacial score (nSPS) is 13.2. The van der Waals surface area contributed by atoms with Crippen molar-refractivity contribution in [2.45, 2.75) is 12.5 Å². The lowest BCUT2D eigenvalue weighted by Crippen LogP contribution is -2.48. The molecule has 0 amide bonds. The number of alkyl halides is 2. The van der Waals surface area contributed by atoms with Crippen molar-refractivity contribution < 1.29 is 15.1 Å². The second-order valence-corrected chi connectivity index (χ2v) is 5.32. The van der Waals surface area contributed by atoms with Crippen LogP contribution in [0.1, 0.15) is 5.56 Å². The molecule has 0 saturated heterocycles. The van der Waals surface area contributed by atoms with Gasteiger partial charge in [-0.2, -0.15) is 0 Å². The first-order valence-electron chi connectivity index (χ1n) is 6.22. The van der Waals surface area contributed by atoms with Gasteiger partial charge in [-0.25, -0.2) is 5.21 Å². The summed E-state index contributed by atoms with van der Waals surface area (Å²) < 4.78 is -0.335. The van der Waals surface area contributed by atoms with Gasteiger partial charge in [-0.1, -0.05) is 12.1 Å². The van der Waals surface area contributed by atoms with E-state index < -0.39 is 12.0 Å². The van der Waals surface area contributed by atoms with Gasteiger partial charge in [0.05, 0.1) is 11.8 Å². The Morgan fingerprint density at radius 1 is 1.20 bits per heavy atom. The van der Waals surface area contributed by atoms with E-state index >= 15 is 0 Å². The second kappa shape index (κ2) is 7.81. The monoisotopic (exact) mass is 321 g/mol. The Hall–Kier alpha value is -0.850. The molecule has 0 spiro atoms. The lowest BCUT2D eigenvalue weighted by Gasteiger charge is -2.28. The minimum atomic E-state index is -1.04. The van der Waals surface area contributed by atoms with Crippen LogP contribution in [-0.4, -0.2) is 47.2 Å². The fourth-order valence-corrected chi connectivity index (χ4v) is 2.46. The summed E-state index contributed by atoms with van der Waals surface area (Å²) in [5.41, 5.74) is 6.94. The van der Waals surface area contributed by atoms with Gasteiger partial charge >= 0.3 is 5.97 Å². The predicted octanol–water partition coefficient (Wildman–Crippen LogP) is 1.82. The molecule has 0 fully saturated rings. The third-order valence-electron chi connectivity index (χ3n) is 3.10. The van der Waals surface area contributed by atoms with Gasteiger partial charge < -0.3 is 10.8 Å². The topological polar surface area (TPSA) is 83.5 Å². The summed E-state index contributed by atoms with van der Waals surface area (Å²) in [6.45, 7) is 0.699. The second-order valence-electron chi connectivity index (χ2n) is 4.56. The van der Waals surface area contributed by atoms with Crippen molar-refractivity contribution in [1.82, 2.24) is 4.65 Å². The molecule has 1 unspecified atom stereocenters. The van der Waals surface area contributed by atoms with Crippen LogP contribution in [0.3, 0.4) is 0 Å². The molecule has 0 bridgehead atoms. The van der Waals surface area contributed by atoms with Gasteiger partial charge in [0.15, 0.2) is 5.69 Å². The highest BCUT2D eigenvalue weighted by Crippen LogP contribution is 2.22. The maximum absolute atomic E-state index is 10.7. The number of benzene rings is 1. The molecule has 20 heavy (non-hydrogen) atoms. The molecule has 1 aromatic rings. The maximum atomic E-state index is 10.7. The van der Waals surface area contributed by atoms with Crippen LogP contribution in [0, 0.1) is 0 Å². The summed E-state index contributed by atoms with van der Waals surface area (Å²) in [6.07, 6.45) is 0.242. The summed E-state index contributed by atoms with van der Waals surface area (Å²) in [4.78, 5) is 10.7. The Kier molecular flexibility index (Phi) is 6.71. The standard InChI is InChI=1S/C13H18Cl2N2O3/c14-5-7-17(20,8-6-15)11-3-1-10(2-4-11)9-12(16)13(18)19/h1-4,12,20H,5-9,16H2/p+1. The molecule has 0 saturated carbocycles. The number of rotatable bonds is 8. The first-order valence-corrected chi connectivity index (χ1v) is 7.29. The van der Waals surface area contributed by atoms with Crippen molar-refractivity contribution >= 4 is 34.9 Å². The van der Waals surface area contributed by atoms with E-state index in [2.05, 4.69) is 0 Å². The molecule has 1 atom stereocenters. The number of hydrogen-bond acceptors (Lipinski definition) is 3. The largest absolute Gasteiger partial charge is 0.480 e. The van der Waals surface area contributed by atoms with E-state index in [0.29, 0.717) is 30.5 Å². The average Bonchev–Trinajstić information content (AvgIpc) is 2.39. The van der Waals surface area contributed by atoms with Crippen molar-refractivity contribution in [1.29, 1.82) is 0 Å². The van der Waals surface area contributed by atoms with Crippen molar-refractivity contribution in [3.8, 4) is 0 Å². The van der Waals surface area contributed by atoms with Crippen molar-refractivity contribution in [3.05, 3.63) is 29.8 Å². The third kappa shape index (κ3) is 4.61. The predicted molar refractivity (Wildman–Crippen MR) is 80.5 cm³/mol. The van der Waals surface area contributed by atoms with Crippen LogP contribution in [0.4, 0.5) is 5.69 Å². The van der Waals surface area contributed by atoms with E-state index in [-0.39, 0.29) is 11.1 Å². The lowest BCUT2D eigenvalue weighted by molar-refractivity contribution is -0.138. The van der Waals surface area contributed by atoms with E-state index in [1.54, 1.807) is 24.3 Å². The molecule has 112 valence electrons. The van der Waals surface area contributed by atoms with Crippen molar-refractivity contribution in [3.63, 3.8) is 0 Å². The molecule has 0 radical (unpaired) electrons. The highest BCUT2D eigenvalue weighted by Gasteiger charge is 2.27. The Balaban J connectivity index is 2.85. The number of carbonyl (C=O) groups is 1. The molecular weight excluding hydrogens is 303 g/mol. The summed E-state index contributed by atoms with van der Waals surface area (Å²) in [5.74, 6) is -0.427. The van der Waals surface area contributed by atoms with Gasteiger partial charge in [-0.15, -0.1) is 27.8 Å². The average molecular weight is 322 g/mol. The molecule has 4 N–H and O–H groups in total. The van der Waals surface area contributed by atoms with E-state index in [9.17, 15) is 10.0 Å². The Morgan fingerprint density at radius 3 is 2.10 bits per heavy atom. The maximum Gasteiger partial charge on any atom is 0.320 e. The van der Waals surface area contributed by atoms with Crippen molar-refractivity contribution in [2.24, 2.45) is 5.73 Å². The number of aliphatic carboxylic acids is 1. The van der Waals surface area contributed by atoms with Crippen LogP contribution in [0.5, 0.6) is 0 Å². The Bertz CT molecular complexity index is 434. The van der Waals surface area contributed by atoms with Gasteiger partial charge in [0.1, 0.15) is 19.1 Å². The van der Waals surface area contributed by atoms with Crippen LogP contribution in [0.2, 0.25) is 0 Å². The molecule has 0 aromatic heterocycles. The third-order valence-corrected chi connectivity index (χ3v) is 3.44. The molecule has 0 aliphatic carbocycles. The highest BCUT2D eigenvalue weighted by atomic mass is 35.5. The number of carboxylic acids is 1. The zero-order chi connectivity index (χ0) is 15.2. The van der Waals surface area contributed by atoms with Gasteiger partial charge in [0.2, 0.25) is 0 Å². The molecule has 5 nitrogen and oxygen atoms in total. The number of carboxylic acid groups (broad SMARTS) is 1. The highest BCUT2D eigenvalue weighted by molar-refractivity contribution is 6.18. The minimum Gasteiger partial charge on any atom is -0.480 e. The molecule has 0 heterocycles. The van der Waals surface area contributed by atoms with E-state index in [1.165, 1.54) is 0 Å². The first kappa shape index (κ1) is 17.2. The van der Waals surface area contributed by atoms with Crippen LogP contribution >= 0.6 is 23.2 Å². The summed E-state index contributed by atoms with van der Waals surface area (Å²) in [6, 6.07) is 6.06. The van der Waals surface area contributed by atoms with E-state index in [0.717, 1.165) is 5.56 Å². The van der Waals surface area contributed by atoms with Gasteiger partial charge in [0, 0.05) is 12.1 Å². The number of hydroxylamine groups is 2.